The van der Waals surface area contributed by atoms with E-state index in [2.05, 4.69) is 0 Å². The first-order chi connectivity index (χ1) is 4.86. The first kappa shape index (κ1) is 8.54. The van der Waals surface area contributed by atoms with Gasteiger partial charge in [-0.3, -0.25) is 0 Å². The molecular weight excluding hydrogens is 163 g/mol. The molecule has 1 aromatic carbocycles. The zero-order valence-electron chi connectivity index (χ0n) is 6.14. The number of rotatable bonds is 0. The van der Waals surface area contributed by atoms with Crippen molar-refractivity contribution in [2.24, 2.45) is 0 Å². The highest BCUT2D eigenvalue weighted by molar-refractivity contribution is 5.85. The van der Waals surface area contributed by atoms with Crippen molar-refractivity contribution in [3.63, 3.8) is 0 Å². The Morgan fingerprint density at radius 1 is 1.09 bits per heavy atom. The van der Waals surface area contributed by atoms with E-state index in [0.717, 1.165) is 12.8 Å². The molecule has 0 saturated carbocycles. The summed E-state index contributed by atoms with van der Waals surface area (Å²) >= 11 is 0. The summed E-state index contributed by atoms with van der Waals surface area (Å²) in [5, 5.41) is 0. The maximum atomic E-state index is 12.6. The van der Waals surface area contributed by atoms with Crippen molar-refractivity contribution in [2.45, 2.75) is 19.3 Å². The van der Waals surface area contributed by atoms with E-state index in [9.17, 15) is 4.39 Å². The predicted molar refractivity (Wildman–Crippen MR) is 45.7 cm³/mol. The summed E-state index contributed by atoms with van der Waals surface area (Å²) < 4.78 is 12.6. The molecule has 0 saturated heterocycles. The summed E-state index contributed by atoms with van der Waals surface area (Å²) in [6.07, 6.45) is 3.39. The minimum Gasteiger partial charge on any atom is -0.207 e. The van der Waals surface area contributed by atoms with Crippen molar-refractivity contribution in [1.82, 2.24) is 0 Å². The van der Waals surface area contributed by atoms with Crippen LogP contribution in [0.5, 0.6) is 0 Å². The molecule has 1 aromatic rings. The van der Waals surface area contributed by atoms with E-state index in [0.29, 0.717) is 0 Å². The third kappa shape index (κ3) is 1.54. The molecule has 11 heavy (non-hydrogen) atoms. The van der Waals surface area contributed by atoms with Crippen LogP contribution in [0.2, 0.25) is 0 Å². The lowest BCUT2D eigenvalue weighted by molar-refractivity contribution is 0.626. The first-order valence-corrected chi connectivity index (χ1v) is 3.63. The molecule has 0 atom stereocenters. The quantitative estimate of drug-likeness (QED) is 0.565. The van der Waals surface area contributed by atoms with E-state index in [4.69, 9.17) is 0 Å². The van der Waals surface area contributed by atoms with Crippen LogP contribution in [0.25, 0.3) is 0 Å². The molecule has 0 aliphatic heterocycles. The Labute approximate surface area is 71.8 Å². The van der Waals surface area contributed by atoms with Gasteiger partial charge in [0.15, 0.2) is 0 Å². The van der Waals surface area contributed by atoms with Gasteiger partial charge in [-0.15, -0.1) is 12.4 Å². The molecule has 2 rings (SSSR count). The molecule has 2 heteroatoms. The summed E-state index contributed by atoms with van der Waals surface area (Å²) in [5.74, 6) is -0.0966. The Kier molecular flexibility index (Phi) is 2.50. The number of fused-ring (bicyclic) bond motifs is 1. The molecule has 60 valence electrons. The lowest BCUT2D eigenvalue weighted by Gasteiger charge is -1.95. The normalized spacial score (nSPS) is 13.9. The van der Waals surface area contributed by atoms with Crippen LogP contribution < -0.4 is 0 Å². The Bertz CT molecular complexity index is 258. The van der Waals surface area contributed by atoms with Gasteiger partial charge in [-0.05, 0) is 42.5 Å². The molecule has 0 radical (unpaired) electrons. The molecule has 1 aliphatic carbocycles. The van der Waals surface area contributed by atoms with Gasteiger partial charge in [0.25, 0.3) is 0 Å². The van der Waals surface area contributed by atoms with Crippen molar-refractivity contribution in [3.8, 4) is 0 Å². The smallest absolute Gasteiger partial charge is 0.123 e. The summed E-state index contributed by atoms with van der Waals surface area (Å²) in [4.78, 5) is 0. The van der Waals surface area contributed by atoms with Crippen molar-refractivity contribution >= 4 is 12.4 Å². The maximum absolute atomic E-state index is 12.6. The van der Waals surface area contributed by atoms with Crippen LogP contribution in [-0.2, 0) is 12.8 Å². The molecule has 0 aromatic heterocycles. The van der Waals surface area contributed by atoms with E-state index in [1.807, 2.05) is 6.07 Å². The number of hydrogen-bond acceptors (Lipinski definition) is 0. The zero-order chi connectivity index (χ0) is 6.97. The molecule has 0 spiro atoms. The van der Waals surface area contributed by atoms with Gasteiger partial charge in [0.2, 0.25) is 0 Å². The van der Waals surface area contributed by atoms with Gasteiger partial charge in [-0.2, -0.15) is 0 Å². The van der Waals surface area contributed by atoms with E-state index in [1.54, 1.807) is 12.1 Å². The van der Waals surface area contributed by atoms with Gasteiger partial charge >= 0.3 is 0 Å². The molecule has 0 amide bonds. The van der Waals surface area contributed by atoms with Gasteiger partial charge in [-0.1, -0.05) is 6.07 Å². The van der Waals surface area contributed by atoms with Crippen LogP contribution in [0.4, 0.5) is 4.39 Å². The van der Waals surface area contributed by atoms with E-state index >= 15 is 0 Å². The molecule has 1 aliphatic rings. The van der Waals surface area contributed by atoms with Crippen molar-refractivity contribution < 1.29 is 4.39 Å². The third-order valence-electron chi connectivity index (χ3n) is 2.06. The average Bonchev–Trinajstić information content (AvgIpc) is 2.33. The third-order valence-corrected chi connectivity index (χ3v) is 2.06. The van der Waals surface area contributed by atoms with Crippen molar-refractivity contribution in [2.75, 3.05) is 0 Å². The number of benzene rings is 1. The standard InChI is InChI=1S/C9H9F.ClH/c10-9-5-4-7-2-1-3-8(7)6-9;/h4-6H,1-3H2;1H. The molecule has 0 bridgehead atoms. The van der Waals surface area contributed by atoms with Gasteiger partial charge in [-0.25, -0.2) is 4.39 Å². The first-order valence-electron chi connectivity index (χ1n) is 3.63. The van der Waals surface area contributed by atoms with Gasteiger partial charge < -0.3 is 0 Å². The largest absolute Gasteiger partial charge is 0.207 e. The Morgan fingerprint density at radius 2 is 1.82 bits per heavy atom. The van der Waals surface area contributed by atoms with Crippen LogP contribution in [0.3, 0.4) is 0 Å². The number of halogens is 2. The summed E-state index contributed by atoms with van der Waals surface area (Å²) in [6, 6.07) is 5.10. The molecule has 0 heterocycles. The van der Waals surface area contributed by atoms with Crippen LogP contribution in [0.1, 0.15) is 17.5 Å². The molecule has 0 nitrogen and oxygen atoms in total. The summed E-state index contributed by atoms with van der Waals surface area (Å²) in [6.45, 7) is 0. The Morgan fingerprint density at radius 3 is 2.64 bits per heavy atom. The summed E-state index contributed by atoms with van der Waals surface area (Å²) in [7, 11) is 0. The fourth-order valence-electron chi connectivity index (χ4n) is 1.54. The maximum Gasteiger partial charge on any atom is 0.123 e. The van der Waals surface area contributed by atoms with Crippen molar-refractivity contribution in [1.29, 1.82) is 0 Å². The number of hydrogen-bond donors (Lipinski definition) is 0. The lowest BCUT2D eigenvalue weighted by atomic mass is 10.1. The minimum atomic E-state index is -0.0966. The molecule has 0 fully saturated rings. The SMILES string of the molecule is Cl.Fc1ccc2c(c1)CCC2. The molecule has 0 unspecified atom stereocenters. The predicted octanol–water partition coefficient (Wildman–Crippen LogP) is 2.74. The lowest BCUT2D eigenvalue weighted by Crippen LogP contribution is -1.82. The Hall–Kier alpha value is -0.560. The van der Waals surface area contributed by atoms with E-state index in [1.165, 1.54) is 17.5 Å². The topological polar surface area (TPSA) is 0 Å². The van der Waals surface area contributed by atoms with Gasteiger partial charge in [0.05, 0.1) is 0 Å². The number of aryl methyl sites for hydroxylation is 2. The fourth-order valence-corrected chi connectivity index (χ4v) is 1.54. The molecule has 0 N–H and O–H groups in total. The highest BCUT2D eigenvalue weighted by Crippen LogP contribution is 2.21. The molecular formula is C9H10ClF. The van der Waals surface area contributed by atoms with Crippen LogP contribution in [0.15, 0.2) is 18.2 Å². The Balaban J connectivity index is 0.000000605. The summed E-state index contributed by atoms with van der Waals surface area (Å²) in [5.41, 5.74) is 2.54. The van der Waals surface area contributed by atoms with Crippen LogP contribution in [0, 0.1) is 5.82 Å². The highest BCUT2D eigenvalue weighted by atomic mass is 35.5. The van der Waals surface area contributed by atoms with E-state index < -0.39 is 0 Å². The monoisotopic (exact) mass is 172 g/mol. The van der Waals surface area contributed by atoms with Gasteiger partial charge in [0, 0.05) is 0 Å². The second-order valence-corrected chi connectivity index (χ2v) is 2.77. The second kappa shape index (κ2) is 3.22. The zero-order valence-corrected chi connectivity index (χ0v) is 6.96. The van der Waals surface area contributed by atoms with Gasteiger partial charge in [0.1, 0.15) is 5.82 Å². The average molecular weight is 173 g/mol. The van der Waals surface area contributed by atoms with Crippen LogP contribution in [-0.4, -0.2) is 0 Å². The minimum absolute atomic E-state index is 0. The van der Waals surface area contributed by atoms with E-state index in [-0.39, 0.29) is 18.2 Å². The second-order valence-electron chi connectivity index (χ2n) is 2.77. The van der Waals surface area contributed by atoms with Crippen LogP contribution >= 0.6 is 12.4 Å². The fraction of sp³-hybridized carbons (Fsp3) is 0.333. The highest BCUT2D eigenvalue weighted by Gasteiger charge is 2.09. The van der Waals surface area contributed by atoms with Crippen molar-refractivity contribution in [3.05, 3.63) is 35.1 Å².